The van der Waals surface area contributed by atoms with E-state index in [0.717, 1.165) is 25.1 Å². The molecule has 1 unspecified atom stereocenters. The highest BCUT2D eigenvalue weighted by Crippen LogP contribution is 2.34. The maximum atomic E-state index is 15.0. The van der Waals surface area contributed by atoms with Crippen LogP contribution in [0.5, 0.6) is 0 Å². The molecule has 0 bridgehead atoms. The van der Waals surface area contributed by atoms with Crippen molar-refractivity contribution in [3.8, 4) is 11.3 Å². The molecule has 3 aromatic heterocycles. The minimum absolute atomic E-state index is 0.0162. The standard InChI is InChI=1S/C29H27F3N6O2/c1-3-25(39)37-13-5-6-21(17-37)38-27-22(15-33-16-23(27)30)26(36-38)18-7-9-19(10-8-18)28(40)35-24-14-20(11-12-34-24)29(31,32)4-2/h3,7-12,14-16,21H,1,4-6,13,17H2,2H3,(H,34,35,40). The molecule has 2 amide bonds. The average molecular weight is 549 g/mol. The number of benzene rings is 1. The van der Waals surface area contributed by atoms with Crippen molar-refractivity contribution >= 4 is 28.5 Å². The van der Waals surface area contributed by atoms with E-state index in [4.69, 9.17) is 5.10 Å². The third-order valence-electron chi connectivity index (χ3n) is 7.08. The molecule has 40 heavy (non-hydrogen) atoms. The van der Waals surface area contributed by atoms with Crippen molar-refractivity contribution in [2.45, 2.75) is 38.2 Å². The molecule has 5 rings (SSSR count). The number of carbonyl (C=O) groups excluding carboxylic acids is 2. The van der Waals surface area contributed by atoms with Gasteiger partial charge in [0.1, 0.15) is 17.0 Å². The zero-order valence-electron chi connectivity index (χ0n) is 21.8. The lowest BCUT2D eigenvalue weighted by Crippen LogP contribution is -2.40. The van der Waals surface area contributed by atoms with Gasteiger partial charge < -0.3 is 10.2 Å². The highest BCUT2D eigenvalue weighted by molar-refractivity contribution is 6.04. The molecule has 1 fully saturated rings. The lowest BCUT2D eigenvalue weighted by molar-refractivity contribution is -0.127. The van der Waals surface area contributed by atoms with Crippen LogP contribution in [0.3, 0.4) is 0 Å². The molecule has 8 nitrogen and oxygen atoms in total. The van der Waals surface area contributed by atoms with Gasteiger partial charge in [-0.3, -0.25) is 19.3 Å². The van der Waals surface area contributed by atoms with Crippen molar-refractivity contribution in [1.29, 1.82) is 0 Å². The molecule has 1 aromatic carbocycles. The molecule has 11 heteroatoms. The number of nitrogens with one attached hydrogen (secondary N) is 1. The van der Waals surface area contributed by atoms with Crippen molar-refractivity contribution < 1.29 is 22.8 Å². The monoisotopic (exact) mass is 548 g/mol. The van der Waals surface area contributed by atoms with Crippen LogP contribution < -0.4 is 5.32 Å². The zero-order valence-corrected chi connectivity index (χ0v) is 21.8. The van der Waals surface area contributed by atoms with Crippen LogP contribution in [0.2, 0.25) is 0 Å². The minimum atomic E-state index is -3.03. The number of halogens is 3. The van der Waals surface area contributed by atoms with E-state index < -0.39 is 17.6 Å². The van der Waals surface area contributed by atoms with E-state index in [1.54, 1.807) is 33.8 Å². The van der Waals surface area contributed by atoms with E-state index in [-0.39, 0.29) is 35.3 Å². The summed E-state index contributed by atoms with van der Waals surface area (Å²) in [5.74, 6) is -4.24. The van der Waals surface area contributed by atoms with Gasteiger partial charge in [-0.1, -0.05) is 25.6 Å². The second-order valence-corrected chi connectivity index (χ2v) is 9.61. The zero-order chi connectivity index (χ0) is 28.4. The van der Waals surface area contributed by atoms with Gasteiger partial charge in [0.15, 0.2) is 5.82 Å². The molecular formula is C29H27F3N6O2. The van der Waals surface area contributed by atoms with Crippen LogP contribution in [0.25, 0.3) is 22.2 Å². The summed E-state index contributed by atoms with van der Waals surface area (Å²) in [6, 6.07) is 8.63. The number of carbonyl (C=O) groups is 2. The Bertz CT molecular complexity index is 1580. The summed E-state index contributed by atoms with van der Waals surface area (Å²) < 4.78 is 44.8. The van der Waals surface area contributed by atoms with Crippen LogP contribution in [-0.2, 0) is 10.7 Å². The molecule has 1 atom stereocenters. The van der Waals surface area contributed by atoms with E-state index in [1.807, 2.05) is 0 Å². The summed E-state index contributed by atoms with van der Waals surface area (Å²) in [4.78, 5) is 34.7. The highest BCUT2D eigenvalue weighted by atomic mass is 19.3. The SMILES string of the molecule is C=CC(=O)N1CCCC(n2nc(-c3ccc(C(=O)Nc4cc(C(F)(F)CC)ccn4)cc3)c3cncc(F)c32)C1. The van der Waals surface area contributed by atoms with Crippen LogP contribution in [0.1, 0.15) is 48.1 Å². The summed E-state index contributed by atoms with van der Waals surface area (Å²) in [6.45, 7) is 5.91. The maximum absolute atomic E-state index is 15.0. The van der Waals surface area contributed by atoms with E-state index in [0.29, 0.717) is 35.2 Å². The van der Waals surface area contributed by atoms with Gasteiger partial charge in [0.2, 0.25) is 5.91 Å². The Hall–Kier alpha value is -4.54. The van der Waals surface area contributed by atoms with Crippen molar-refractivity contribution in [3.63, 3.8) is 0 Å². The molecule has 4 heterocycles. The van der Waals surface area contributed by atoms with Gasteiger partial charge >= 0.3 is 0 Å². The number of pyridine rings is 2. The molecule has 1 N–H and O–H groups in total. The first-order valence-corrected chi connectivity index (χ1v) is 12.9. The first kappa shape index (κ1) is 27.0. The minimum Gasteiger partial charge on any atom is -0.337 e. The van der Waals surface area contributed by atoms with Crippen molar-refractivity contribution in [2.75, 3.05) is 18.4 Å². The topological polar surface area (TPSA) is 93.0 Å². The summed E-state index contributed by atoms with van der Waals surface area (Å²) in [6.07, 6.45) is 6.25. The van der Waals surface area contributed by atoms with Crippen LogP contribution in [-0.4, -0.2) is 49.6 Å². The van der Waals surface area contributed by atoms with Crippen LogP contribution in [0.15, 0.2) is 67.6 Å². The van der Waals surface area contributed by atoms with Gasteiger partial charge in [-0.15, -0.1) is 0 Å². The Morgan fingerprint density at radius 3 is 2.70 bits per heavy atom. The number of hydrogen-bond acceptors (Lipinski definition) is 5. The number of nitrogens with zero attached hydrogens (tertiary/aromatic N) is 5. The second-order valence-electron chi connectivity index (χ2n) is 9.61. The van der Waals surface area contributed by atoms with Crippen molar-refractivity contribution in [2.24, 2.45) is 0 Å². The number of alkyl halides is 2. The molecule has 4 aromatic rings. The molecule has 1 aliphatic rings. The van der Waals surface area contributed by atoms with Gasteiger partial charge in [0.05, 0.1) is 12.2 Å². The molecule has 0 spiro atoms. The fourth-order valence-corrected chi connectivity index (χ4v) is 4.91. The predicted molar refractivity (Wildman–Crippen MR) is 144 cm³/mol. The molecule has 0 saturated carbocycles. The largest absolute Gasteiger partial charge is 0.337 e. The Kier molecular flexibility index (Phi) is 7.38. The lowest BCUT2D eigenvalue weighted by atomic mass is 10.0. The fraction of sp³-hybridized carbons (Fsp3) is 0.276. The lowest BCUT2D eigenvalue weighted by Gasteiger charge is -2.32. The number of anilines is 1. The number of hydrogen-bond donors (Lipinski definition) is 1. The molecular weight excluding hydrogens is 521 g/mol. The smallest absolute Gasteiger partial charge is 0.273 e. The summed E-state index contributed by atoms with van der Waals surface area (Å²) in [7, 11) is 0. The average Bonchev–Trinajstić information content (AvgIpc) is 3.38. The number of likely N-dealkylation sites (tertiary alicyclic amines) is 1. The Morgan fingerprint density at radius 1 is 1.20 bits per heavy atom. The molecule has 0 radical (unpaired) electrons. The van der Waals surface area contributed by atoms with E-state index in [9.17, 15) is 18.4 Å². The first-order valence-electron chi connectivity index (χ1n) is 12.9. The van der Waals surface area contributed by atoms with Gasteiger partial charge in [-0.05, 0) is 43.2 Å². The number of amides is 2. The van der Waals surface area contributed by atoms with E-state index in [2.05, 4.69) is 21.9 Å². The molecule has 0 aliphatic carbocycles. The van der Waals surface area contributed by atoms with Crippen LogP contribution >= 0.6 is 0 Å². The van der Waals surface area contributed by atoms with E-state index >= 15 is 4.39 Å². The molecule has 1 saturated heterocycles. The van der Waals surface area contributed by atoms with E-state index in [1.165, 1.54) is 31.5 Å². The van der Waals surface area contributed by atoms with Gasteiger partial charge in [-0.25, -0.2) is 18.2 Å². The highest BCUT2D eigenvalue weighted by Gasteiger charge is 2.30. The summed E-state index contributed by atoms with van der Waals surface area (Å²) in [5, 5.41) is 7.79. The number of fused-ring (bicyclic) bond motifs is 1. The Balaban J connectivity index is 1.42. The van der Waals surface area contributed by atoms with Gasteiger partial charge in [0.25, 0.3) is 11.8 Å². The van der Waals surface area contributed by atoms with Crippen LogP contribution in [0, 0.1) is 5.82 Å². The Morgan fingerprint density at radius 2 is 1.98 bits per heavy atom. The third kappa shape index (κ3) is 5.18. The summed E-state index contributed by atoms with van der Waals surface area (Å²) in [5.41, 5.74) is 1.45. The van der Waals surface area contributed by atoms with Crippen LogP contribution in [0.4, 0.5) is 19.0 Å². The number of rotatable bonds is 7. The molecule has 1 aliphatic heterocycles. The third-order valence-corrected chi connectivity index (χ3v) is 7.08. The predicted octanol–water partition coefficient (Wildman–Crippen LogP) is 5.74. The normalized spacial score (nSPS) is 15.7. The van der Waals surface area contributed by atoms with Crippen molar-refractivity contribution in [1.82, 2.24) is 24.6 Å². The number of aromatic nitrogens is 4. The Labute approximate surface area is 228 Å². The van der Waals surface area contributed by atoms with Gasteiger partial charge in [-0.2, -0.15) is 5.10 Å². The van der Waals surface area contributed by atoms with Crippen molar-refractivity contribution in [3.05, 3.63) is 84.6 Å². The fourth-order valence-electron chi connectivity index (χ4n) is 4.91. The van der Waals surface area contributed by atoms with Gasteiger partial charge in [0, 0.05) is 54.0 Å². The second kappa shape index (κ2) is 10.9. The maximum Gasteiger partial charge on any atom is 0.273 e. The number of piperidine rings is 1. The first-order chi connectivity index (χ1) is 19.2. The quantitative estimate of drug-likeness (QED) is 0.298. The molecule has 206 valence electrons. The summed E-state index contributed by atoms with van der Waals surface area (Å²) >= 11 is 0.